The quantitative estimate of drug-likeness (QED) is 0.349. The van der Waals surface area contributed by atoms with E-state index < -0.39 is 40.7 Å². The first-order valence-corrected chi connectivity index (χ1v) is 8.07. The molecule has 1 aliphatic rings. The molecule has 0 radical (unpaired) electrons. The van der Waals surface area contributed by atoms with Crippen LogP contribution in [0, 0.1) is 35.0 Å². The van der Waals surface area contributed by atoms with Crippen LogP contribution >= 0.6 is 0 Å². The fourth-order valence-electron chi connectivity index (χ4n) is 2.82. The van der Waals surface area contributed by atoms with Crippen LogP contribution in [-0.2, 0) is 14.3 Å². The highest BCUT2D eigenvalue weighted by atomic mass is 19.2. The van der Waals surface area contributed by atoms with Crippen molar-refractivity contribution in [3.05, 3.63) is 29.1 Å². The number of carbonyl (C=O) groups is 2. The molecule has 0 saturated carbocycles. The maximum Gasteiger partial charge on any atom is 0.309 e. The summed E-state index contributed by atoms with van der Waals surface area (Å²) in [6, 6.07) is 0. The predicted octanol–water partition coefficient (Wildman–Crippen LogP) is 1.18. The van der Waals surface area contributed by atoms with Crippen LogP contribution in [0.15, 0.2) is 0 Å². The second-order valence-corrected chi connectivity index (χ2v) is 5.95. The number of quaternary nitrogens is 1. The second kappa shape index (κ2) is 8.43. The lowest BCUT2D eigenvalue weighted by atomic mass is 9.97. The van der Waals surface area contributed by atoms with Crippen LogP contribution < -0.4 is 10.2 Å². The van der Waals surface area contributed by atoms with Gasteiger partial charge < -0.3 is 15.0 Å². The van der Waals surface area contributed by atoms with Crippen molar-refractivity contribution >= 4 is 17.6 Å². The van der Waals surface area contributed by atoms with Gasteiger partial charge >= 0.3 is 5.97 Å². The van der Waals surface area contributed by atoms with Crippen molar-refractivity contribution in [3.8, 4) is 0 Å². The number of benzene rings is 1. The SMILES string of the molecule is CCOC(=O)C1CC[NH+](CC(=O)Nc2c(F)c(F)c(F)c(F)c2F)CC1. The van der Waals surface area contributed by atoms with Crippen LogP contribution in [-0.4, -0.2) is 38.1 Å². The number of rotatable bonds is 5. The molecule has 1 amide bonds. The Morgan fingerprint density at radius 1 is 1.00 bits per heavy atom. The van der Waals surface area contributed by atoms with Gasteiger partial charge in [-0.1, -0.05) is 0 Å². The normalized spacial score (nSPS) is 19.9. The summed E-state index contributed by atoms with van der Waals surface area (Å²) in [5.74, 6) is -12.2. The van der Waals surface area contributed by atoms with Gasteiger partial charge in [0.2, 0.25) is 5.82 Å². The highest BCUT2D eigenvalue weighted by molar-refractivity contribution is 5.91. The molecule has 26 heavy (non-hydrogen) atoms. The molecule has 1 aromatic carbocycles. The summed E-state index contributed by atoms with van der Waals surface area (Å²) in [5, 5.41) is 1.74. The smallest absolute Gasteiger partial charge is 0.309 e. The van der Waals surface area contributed by atoms with Crippen molar-refractivity contribution in [2.24, 2.45) is 5.92 Å². The van der Waals surface area contributed by atoms with E-state index in [-0.39, 0.29) is 25.0 Å². The largest absolute Gasteiger partial charge is 0.466 e. The average Bonchev–Trinajstić information content (AvgIpc) is 2.63. The number of hydrogen-bond acceptors (Lipinski definition) is 3. The molecular formula is C16H18F5N2O3+. The fourth-order valence-corrected chi connectivity index (χ4v) is 2.82. The van der Waals surface area contributed by atoms with Crippen LogP contribution in [0.5, 0.6) is 0 Å². The molecule has 1 heterocycles. The number of carbonyl (C=O) groups excluding carboxylic acids is 2. The Kier molecular flexibility index (Phi) is 6.52. The van der Waals surface area contributed by atoms with Gasteiger partial charge in [-0.2, -0.15) is 0 Å². The Balaban J connectivity index is 1.96. The van der Waals surface area contributed by atoms with Crippen LogP contribution in [0.25, 0.3) is 0 Å². The summed E-state index contributed by atoms with van der Waals surface area (Å²) < 4.78 is 71.3. The third kappa shape index (κ3) is 4.29. The first-order valence-electron chi connectivity index (χ1n) is 8.07. The summed E-state index contributed by atoms with van der Waals surface area (Å²) in [6.45, 7) is 2.62. The Morgan fingerprint density at radius 2 is 1.50 bits per heavy atom. The van der Waals surface area contributed by atoms with Crippen LogP contribution in [0.2, 0.25) is 0 Å². The summed E-state index contributed by atoms with van der Waals surface area (Å²) in [6.07, 6.45) is 0.952. The predicted molar refractivity (Wildman–Crippen MR) is 79.8 cm³/mol. The van der Waals surface area contributed by atoms with Gasteiger partial charge in [-0.3, -0.25) is 9.59 Å². The summed E-state index contributed by atoms with van der Waals surface area (Å²) in [4.78, 5) is 24.3. The minimum absolute atomic E-state index is 0.227. The summed E-state index contributed by atoms with van der Waals surface area (Å²) in [7, 11) is 0. The monoisotopic (exact) mass is 381 g/mol. The minimum atomic E-state index is -2.29. The molecule has 2 N–H and O–H groups in total. The lowest BCUT2D eigenvalue weighted by Gasteiger charge is -2.27. The first kappa shape index (κ1) is 20.1. The highest BCUT2D eigenvalue weighted by Gasteiger charge is 2.31. The van der Waals surface area contributed by atoms with Crippen molar-refractivity contribution in [2.75, 3.05) is 31.6 Å². The zero-order chi connectivity index (χ0) is 19.4. The van der Waals surface area contributed by atoms with Gasteiger partial charge in [-0.05, 0) is 6.92 Å². The van der Waals surface area contributed by atoms with E-state index in [9.17, 15) is 31.5 Å². The number of likely N-dealkylation sites (tertiary alicyclic amines) is 1. The molecule has 5 nitrogen and oxygen atoms in total. The maximum atomic E-state index is 13.6. The number of amides is 1. The Labute approximate surface area is 146 Å². The van der Waals surface area contributed by atoms with Crippen molar-refractivity contribution in [1.82, 2.24) is 0 Å². The number of esters is 1. The van der Waals surface area contributed by atoms with Gasteiger partial charge in [0.15, 0.2) is 29.8 Å². The Hall–Kier alpha value is -2.23. The van der Waals surface area contributed by atoms with Gasteiger partial charge in [0.05, 0.1) is 25.6 Å². The zero-order valence-corrected chi connectivity index (χ0v) is 13.9. The number of halogens is 5. The average molecular weight is 381 g/mol. The van der Waals surface area contributed by atoms with E-state index in [2.05, 4.69) is 0 Å². The molecule has 0 aliphatic carbocycles. The van der Waals surface area contributed by atoms with E-state index in [1.54, 1.807) is 12.2 Å². The van der Waals surface area contributed by atoms with E-state index in [0.717, 1.165) is 4.90 Å². The van der Waals surface area contributed by atoms with E-state index in [1.807, 2.05) is 0 Å². The maximum absolute atomic E-state index is 13.6. The van der Waals surface area contributed by atoms with E-state index >= 15 is 0 Å². The third-order valence-corrected chi connectivity index (χ3v) is 4.20. The summed E-state index contributed by atoms with van der Waals surface area (Å²) in [5.41, 5.74) is -1.37. The molecule has 1 saturated heterocycles. The van der Waals surface area contributed by atoms with E-state index in [0.29, 0.717) is 25.9 Å². The van der Waals surface area contributed by atoms with E-state index in [1.165, 1.54) is 0 Å². The van der Waals surface area contributed by atoms with Gasteiger partial charge in [0, 0.05) is 12.8 Å². The molecule has 10 heteroatoms. The Morgan fingerprint density at radius 3 is 2.00 bits per heavy atom. The molecule has 144 valence electrons. The molecule has 0 spiro atoms. The molecule has 1 fully saturated rings. The number of piperidine rings is 1. The molecule has 0 atom stereocenters. The van der Waals surface area contributed by atoms with Crippen molar-refractivity contribution < 1.29 is 41.2 Å². The molecule has 1 aliphatic heterocycles. The lowest BCUT2D eigenvalue weighted by Crippen LogP contribution is -3.14. The third-order valence-electron chi connectivity index (χ3n) is 4.20. The number of hydrogen-bond donors (Lipinski definition) is 2. The summed E-state index contributed by atoms with van der Waals surface area (Å²) >= 11 is 0. The molecule has 2 rings (SSSR count). The number of ether oxygens (including phenoxy) is 1. The molecule has 0 aromatic heterocycles. The van der Waals surface area contributed by atoms with Crippen LogP contribution in [0.1, 0.15) is 19.8 Å². The van der Waals surface area contributed by atoms with Gasteiger partial charge in [-0.15, -0.1) is 0 Å². The molecule has 1 aromatic rings. The topological polar surface area (TPSA) is 59.8 Å². The van der Waals surface area contributed by atoms with Crippen molar-refractivity contribution in [2.45, 2.75) is 19.8 Å². The van der Waals surface area contributed by atoms with Gasteiger partial charge in [0.25, 0.3) is 5.91 Å². The standard InChI is InChI=1S/C16H17F5N2O3/c1-2-26-16(25)8-3-5-23(6-4-8)7-9(24)22-15-13(20)11(18)10(17)12(19)14(15)21/h8H,2-7H2,1H3,(H,22,24)/p+1. The fraction of sp³-hybridized carbons (Fsp3) is 0.500. The lowest BCUT2D eigenvalue weighted by molar-refractivity contribution is -0.897. The van der Waals surface area contributed by atoms with Gasteiger partial charge in [-0.25, -0.2) is 22.0 Å². The Bertz CT molecular complexity index is 677. The first-order chi connectivity index (χ1) is 12.3. The minimum Gasteiger partial charge on any atom is -0.466 e. The number of nitrogens with one attached hydrogen (secondary N) is 2. The van der Waals surface area contributed by atoms with Crippen molar-refractivity contribution in [3.63, 3.8) is 0 Å². The molecule has 0 bridgehead atoms. The zero-order valence-electron chi connectivity index (χ0n) is 13.9. The second-order valence-electron chi connectivity index (χ2n) is 5.95. The van der Waals surface area contributed by atoms with Gasteiger partial charge in [0.1, 0.15) is 5.69 Å². The number of anilines is 1. The van der Waals surface area contributed by atoms with E-state index in [4.69, 9.17) is 4.74 Å². The molecular weight excluding hydrogens is 363 g/mol. The van der Waals surface area contributed by atoms with Crippen LogP contribution in [0.3, 0.4) is 0 Å². The molecule has 0 unspecified atom stereocenters. The van der Waals surface area contributed by atoms with Crippen LogP contribution in [0.4, 0.5) is 27.6 Å². The highest BCUT2D eigenvalue weighted by Crippen LogP contribution is 2.26. The van der Waals surface area contributed by atoms with Crippen molar-refractivity contribution in [1.29, 1.82) is 0 Å².